The first-order chi connectivity index (χ1) is 10.1. The predicted octanol–water partition coefficient (Wildman–Crippen LogP) is 2.78. The number of nitrogens with zero attached hydrogens (tertiary/aromatic N) is 3. The highest BCUT2D eigenvalue weighted by Gasteiger charge is 2.20. The van der Waals surface area contributed by atoms with Crippen molar-refractivity contribution in [2.24, 2.45) is 5.92 Å². The molecule has 21 heavy (non-hydrogen) atoms. The number of aromatic nitrogens is 2. The van der Waals surface area contributed by atoms with Crippen LogP contribution in [0, 0.1) is 17.2 Å². The highest BCUT2D eigenvalue weighted by molar-refractivity contribution is 5.93. The first-order valence-corrected chi connectivity index (χ1v) is 6.89. The third-order valence-corrected chi connectivity index (χ3v) is 3.17. The molecule has 2 rings (SSSR count). The summed E-state index contributed by atoms with van der Waals surface area (Å²) < 4.78 is 1.72. The Balaban J connectivity index is 2.07. The van der Waals surface area contributed by atoms with Crippen LogP contribution in [0.4, 0.5) is 5.82 Å². The number of nitrogens with one attached hydrogen (secondary N) is 1. The van der Waals surface area contributed by atoms with Crippen molar-refractivity contribution < 1.29 is 4.79 Å². The largest absolute Gasteiger partial charge is 0.310 e. The van der Waals surface area contributed by atoms with Gasteiger partial charge in [-0.05, 0) is 25.8 Å². The highest BCUT2D eigenvalue weighted by Crippen LogP contribution is 2.15. The maximum absolute atomic E-state index is 12.2. The van der Waals surface area contributed by atoms with Crippen LogP contribution >= 0.6 is 0 Å². The quantitative estimate of drug-likeness (QED) is 0.916. The van der Waals surface area contributed by atoms with Gasteiger partial charge in [-0.2, -0.15) is 10.4 Å². The first kappa shape index (κ1) is 14.8. The van der Waals surface area contributed by atoms with Gasteiger partial charge in [0.2, 0.25) is 5.91 Å². The number of benzene rings is 1. The maximum Gasteiger partial charge on any atom is 0.243 e. The number of anilines is 1. The molecule has 1 unspecified atom stereocenters. The van der Waals surface area contributed by atoms with Crippen molar-refractivity contribution in [3.63, 3.8) is 0 Å². The second-order valence-electron chi connectivity index (χ2n) is 5.12. The van der Waals surface area contributed by atoms with Gasteiger partial charge in [0.25, 0.3) is 0 Å². The number of carbonyl (C=O) groups is 1. The molecule has 1 aromatic carbocycles. The van der Waals surface area contributed by atoms with Gasteiger partial charge in [0.1, 0.15) is 11.7 Å². The van der Waals surface area contributed by atoms with E-state index in [1.54, 1.807) is 16.9 Å². The van der Waals surface area contributed by atoms with E-state index < -0.39 is 5.92 Å². The van der Waals surface area contributed by atoms with E-state index in [9.17, 15) is 10.1 Å². The minimum absolute atomic E-state index is 0.143. The SMILES string of the molecule is CC(C)n1nccc1NC(=O)C(C#N)Cc1ccccc1. The second kappa shape index (κ2) is 6.71. The van der Waals surface area contributed by atoms with Gasteiger partial charge in [0.15, 0.2) is 0 Å². The predicted molar refractivity (Wildman–Crippen MR) is 80.5 cm³/mol. The lowest BCUT2D eigenvalue weighted by atomic mass is 10.00. The lowest BCUT2D eigenvalue weighted by Gasteiger charge is -2.14. The molecule has 1 amide bonds. The standard InChI is InChI=1S/C16H18N4O/c1-12(2)20-15(8-9-18-20)19-16(21)14(11-17)10-13-6-4-3-5-7-13/h3-9,12,14H,10H2,1-2H3,(H,19,21). The fraction of sp³-hybridized carbons (Fsp3) is 0.312. The zero-order valence-corrected chi connectivity index (χ0v) is 12.2. The van der Waals surface area contributed by atoms with Crippen LogP contribution in [-0.2, 0) is 11.2 Å². The third kappa shape index (κ3) is 3.69. The molecule has 108 valence electrons. The molecular formula is C16H18N4O. The van der Waals surface area contributed by atoms with E-state index in [2.05, 4.69) is 16.5 Å². The van der Waals surface area contributed by atoms with Gasteiger partial charge in [0.05, 0.1) is 12.3 Å². The van der Waals surface area contributed by atoms with E-state index in [0.717, 1.165) is 5.56 Å². The average Bonchev–Trinajstić information content (AvgIpc) is 2.94. The van der Waals surface area contributed by atoms with Crippen molar-refractivity contribution in [2.45, 2.75) is 26.3 Å². The van der Waals surface area contributed by atoms with E-state index >= 15 is 0 Å². The Labute approximate surface area is 124 Å². The minimum atomic E-state index is -0.720. The Hall–Kier alpha value is -2.61. The molecule has 0 saturated carbocycles. The summed E-state index contributed by atoms with van der Waals surface area (Å²) in [4.78, 5) is 12.2. The van der Waals surface area contributed by atoms with Gasteiger partial charge in [-0.1, -0.05) is 30.3 Å². The van der Waals surface area contributed by atoms with Crippen LogP contribution in [0.2, 0.25) is 0 Å². The normalized spacial score (nSPS) is 11.9. The molecule has 1 heterocycles. The molecule has 0 aliphatic heterocycles. The second-order valence-corrected chi connectivity index (χ2v) is 5.12. The lowest BCUT2D eigenvalue weighted by molar-refractivity contribution is -0.118. The molecule has 0 spiro atoms. The zero-order valence-electron chi connectivity index (χ0n) is 12.2. The number of amides is 1. The number of carbonyl (C=O) groups excluding carboxylic acids is 1. The molecule has 1 aromatic heterocycles. The summed E-state index contributed by atoms with van der Waals surface area (Å²) in [6, 6.07) is 13.5. The molecule has 0 fully saturated rings. The molecule has 0 aliphatic carbocycles. The topological polar surface area (TPSA) is 70.7 Å². The van der Waals surface area contributed by atoms with Crippen molar-refractivity contribution in [3.8, 4) is 6.07 Å². The molecule has 2 aromatic rings. The Bertz CT molecular complexity index is 640. The smallest absolute Gasteiger partial charge is 0.243 e. The molecule has 5 heteroatoms. The van der Waals surface area contributed by atoms with Crippen LogP contribution in [0.15, 0.2) is 42.6 Å². The molecule has 0 radical (unpaired) electrons. The number of rotatable bonds is 5. The fourth-order valence-electron chi connectivity index (χ4n) is 2.08. The van der Waals surface area contributed by atoms with Gasteiger partial charge >= 0.3 is 0 Å². The van der Waals surface area contributed by atoms with Crippen LogP contribution in [-0.4, -0.2) is 15.7 Å². The molecular weight excluding hydrogens is 264 g/mol. The minimum Gasteiger partial charge on any atom is -0.310 e. The van der Waals surface area contributed by atoms with Crippen LogP contribution in [0.1, 0.15) is 25.5 Å². The molecule has 0 saturated heterocycles. The Morgan fingerprint density at radius 3 is 2.67 bits per heavy atom. The first-order valence-electron chi connectivity index (χ1n) is 6.89. The van der Waals surface area contributed by atoms with Crippen LogP contribution in [0.25, 0.3) is 0 Å². The lowest BCUT2D eigenvalue weighted by Crippen LogP contribution is -2.25. The van der Waals surface area contributed by atoms with E-state index in [4.69, 9.17) is 0 Å². The number of nitriles is 1. The van der Waals surface area contributed by atoms with Gasteiger partial charge in [-0.15, -0.1) is 0 Å². The molecule has 1 atom stereocenters. The van der Waals surface area contributed by atoms with Crippen LogP contribution in [0.5, 0.6) is 0 Å². The maximum atomic E-state index is 12.2. The van der Waals surface area contributed by atoms with Crippen molar-refractivity contribution in [1.29, 1.82) is 5.26 Å². The molecule has 0 aliphatic rings. The van der Waals surface area contributed by atoms with Crippen molar-refractivity contribution >= 4 is 11.7 Å². The average molecular weight is 282 g/mol. The third-order valence-electron chi connectivity index (χ3n) is 3.17. The van der Waals surface area contributed by atoms with E-state index in [1.807, 2.05) is 44.2 Å². The number of hydrogen-bond donors (Lipinski definition) is 1. The Morgan fingerprint density at radius 1 is 1.33 bits per heavy atom. The van der Waals surface area contributed by atoms with Crippen LogP contribution in [0.3, 0.4) is 0 Å². The van der Waals surface area contributed by atoms with Gasteiger partial charge < -0.3 is 5.32 Å². The summed E-state index contributed by atoms with van der Waals surface area (Å²) in [6.45, 7) is 3.96. The van der Waals surface area contributed by atoms with Crippen molar-refractivity contribution in [1.82, 2.24) is 9.78 Å². The molecule has 5 nitrogen and oxygen atoms in total. The van der Waals surface area contributed by atoms with E-state index in [1.165, 1.54) is 0 Å². The summed E-state index contributed by atoms with van der Waals surface area (Å²) in [5, 5.41) is 16.2. The Kier molecular flexibility index (Phi) is 4.72. The van der Waals surface area contributed by atoms with Crippen molar-refractivity contribution in [3.05, 3.63) is 48.2 Å². The van der Waals surface area contributed by atoms with Crippen molar-refractivity contribution in [2.75, 3.05) is 5.32 Å². The highest BCUT2D eigenvalue weighted by atomic mass is 16.2. The molecule has 1 N–H and O–H groups in total. The van der Waals surface area contributed by atoms with Crippen LogP contribution < -0.4 is 5.32 Å². The van der Waals surface area contributed by atoms with Gasteiger partial charge in [-0.3, -0.25) is 4.79 Å². The summed E-state index contributed by atoms with van der Waals surface area (Å²) in [5.74, 6) is -0.407. The Morgan fingerprint density at radius 2 is 2.05 bits per heavy atom. The van der Waals surface area contributed by atoms with Gasteiger partial charge in [0, 0.05) is 12.1 Å². The monoisotopic (exact) mass is 282 g/mol. The molecule has 0 bridgehead atoms. The summed E-state index contributed by atoms with van der Waals surface area (Å²) in [7, 11) is 0. The summed E-state index contributed by atoms with van der Waals surface area (Å²) in [5.41, 5.74) is 0.969. The summed E-state index contributed by atoms with van der Waals surface area (Å²) >= 11 is 0. The van der Waals surface area contributed by atoms with Gasteiger partial charge in [-0.25, -0.2) is 4.68 Å². The van der Waals surface area contributed by atoms with E-state index in [0.29, 0.717) is 12.2 Å². The summed E-state index contributed by atoms with van der Waals surface area (Å²) in [6.07, 6.45) is 2.03. The number of hydrogen-bond acceptors (Lipinski definition) is 3. The fourth-order valence-corrected chi connectivity index (χ4v) is 2.08. The zero-order chi connectivity index (χ0) is 15.2. The van der Waals surface area contributed by atoms with E-state index in [-0.39, 0.29) is 11.9 Å².